The average molecular weight is 253 g/mol. The summed E-state index contributed by atoms with van der Waals surface area (Å²) in [4.78, 5) is 12.1. The fourth-order valence-electron chi connectivity index (χ4n) is 2.64. The maximum Gasteiger partial charge on any atom is 0.228 e. The normalized spacial score (nSPS) is 20.6. The predicted octanol–water partition coefficient (Wildman–Crippen LogP) is 3.59. The van der Waals surface area contributed by atoms with Crippen LogP contribution in [0.1, 0.15) is 27.7 Å². The lowest BCUT2D eigenvalue weighted by atomic mass is 10.0. The first kappa shape index (κ1) is 13.0. The van der Waals surface area contributed by atoms with Crippen LogP contribution in [-0.2, 0) is 4.79 Å². The van der Waals surface area contributed by atoms with Crippen LogP contribution in [0.25, 0.3) is 0 Å². The average Bonchev–Trinajstić information content (AvgIpc) is 2.63. The van der Waals surface area contributed by atoms with Crippen LogP contribution >= 0.6 is 0 Å². The van der Waals surface area contributed by atoms with Gasteiger partial charge in [0.05, 0.1) is 0 Å². The Morgan fingerprint density at radius 3 is 2.11 bits per heavy atom. The van der Waals surface area contributed by atoms with E-state index in [1.807, 2.05) is 27.7 Å². The zero-order valence-corrected chi connectivity index (χ0v) is 11.0. The third-order valence-corrected chi connectivity index (χ3v) is 4.47. The van der Waals surface area contributed by atoms with E-state index in [1.165, 1.54) is 6.07 Å². The van der Waals surface area contributed by atoms with E-state index in [0.29, 0.717) is 0 Å². The van der Waals surface area contributed by atoms with Crippen LogP contribution in [0, 0.1) is 28.4 Å². The van der Waals surface area contributed by atoms with E-state index in [-0.39, 0.29) is 28.3 Å². The standard InChI is InChI=1S/C14H17F2NO/c1-13(2)11(14(13,3)4)12(18)17-8-5-6-9(15)10(16)7-8/h5-7,11H,1-4H3,(H,17,18). The molecule has 1 saturated carbocycles. The third-order valence-electron chi connectivity index (χ3n) is 4.47. The van der Waals surface area contributed by atoms with Gasteiger partial charge in [0.2, 0.25) is 5.91 Å². The number of hydrogen-bond acceptors (Lipinski definition) is 1. The van der Waals surface area contributed by atoms with Gasteiger partial charge in [-0.25, -0.2) is 8.78 Å². The van der Waals surface area contributed by atoms with Gasteiger partial charge in [0.15, 0.2) is 11.6 Å². The largest absolute Gasteiger partial charge is 0.326 e. The lowest BCUT2D eigenvalue weighted by Gasteiger charge is -2.06. The highest BCUT2D eigenvalue weighted by Gasteiger charge is 2.68. The molecule has 1 aliphatic rings. The van der Waals surface area contributed by atoms with Crippen molar-refractivity contribution in [3.05, 3.63) is 29.8 Å². The number of amides is 1. The van der Waals surface area contributed by atoms with E-state index in [2.05, 4.69) is 5.32 Å². The number of benzene rings is 1. The number of anilines is 1. The summed E-state index contributed by atoms with van der Waals surface area (Å²) in [6.45, 7) is 8.12. The lowest BCUT2D eigenvalue weighted by Crippen LogP contribution is -2.17. The van der Waals surface area contributed by atoms with Gasteiger partial charge in [0.25, 0.3) is 0 Å². The van der Waals surface area contributed by atoms with E-state index in [1.54, 1.807) is 0 Å². The molecule has 0 atom stereocenters. The zero-order chi connectivity index (χ0) is 13.7. The fraction of sp³-hybridized carbons (Fsp3) is 0.500. The molecular weight excluding hydrogens is 236 g/mol. The minimum Gasteiger partial charge on any atom is -0.326 e. The summed E-state index contributed by atoms with van der Waals surface area (Å²) in [6.07, 6.45) is 0. The van der Waals surface area contributed by atoms with Gasteiger partial charge in [-0.1, -0.05) is 27.7 Å². The third kappa shape index (κ3) is 1.80. The SMILES string of the molecule is CC1(C)C(C(=O)Nc2ccc(F)c(F)c2)C1(C)C. The van der Waals surface area contributed by atoms with E-state index >= 15 is 0 Å². The summed E-state index contributed by atoms with van der Waals surface area (Å²) < 4.78 is 25.8. The monoisotopic (exact) mass is 253 g/mol. The van der Waals surface area contributed by atoms with E-state index in [0.717, 1.165) is 12.1 Å². The van der Waals surface area contributed by atoms with Crippen LogP contribution in [0.5, 0.6) is 0 Å². The Morgan fingerprint density at radius 2 is 1.67 bits per heavy atom. The topological polar surface area (TPSA) is 29.1 Å². The van der Waals surface area contributed by atoms with Gasteiger partial charge in [-0.05, 0) is 23.0 Å². The molecule has 1 aromatic carbocycles. The Hall–Kier alpha value is -1.45. The van der Waals surface area contributed by atoms with Crippen LogP contribution in [0.3, 0.4) is 0 Å². The molecule has 0 radical (unpaired) electrons. The lowest BCUT2D eigenvalue weighted by molar-refractivity contribution is -0.118. The van der Waals surface area contributed by atoms with Crippen molar-refractivity contribution in [2.45, 2.75) is 27.7 Å². The molecular formula is C14H17F2NO. The molecule has 2 nitrogen and oxygen atoms in total. The highest BCUT2D eigenvalue weighted by atomic mass is 19.2. The van der Waals surface area contributed by atoms with Gasteiger partial charge in [0, 0.05) is 17.7 Å². The molecule has 0 aromatic heterocycles. The summed E-state index contributed by atoms with van der Waals surface area (Å²) in [5, 5.41) is 2.64. The summed E-state index contributed by atoms with van der Waals surface area (Å²) in [5.74, 6) is -2.13. The number of halogens is 2. The summed E-state index contributed by atoms with van der Waals surface area (Å²) in [5.41, 5.74) is 0.142. The van der Waals surface area contributed by atoms with Crippen molar-refractivity contribution in [2.24, 2.45) is 16.7 Å². The number of hydrogen-bond donors (Lipinski definition) is 1. The molecule has 0 heterocycles. The van der Waals surface area contributed by atoms with Crippen LogP contribution in [0.15, 0.2) is 18.2 Å². The molecule has 0 aliphatic heterocycles. The quantitative estimate of drug-likeness (QED) is 0.857. The zero-order valence-electron chi connectivity index (χ0n) is 11.0. The van der Waals surface area contributed by atoms with Crippen LogP contribution in [0.2, 0.25) is 0 Å². The van der Waals surface area contributed by atoms with Crippen molar-refractivity contribution in [3.63, 3.8) is 0 Å². The first-order valence-electron chi connectivity index (χ1n) is 5.94. The van der Waals surface area contributed by atoms with Crippen molar-refractivity contribution in [1.82, 2.24) is 0 Å². The molecule has 98 valence electrons. The van der Waals surface area contributed by atoms with Gasteiger partial charge in [-0.2, -0.15) is 0 Å². The Kier molecular flexibility index (Phi) is 2.72. The molecule has 0 unspecified atom stereocenters. The number of rotatable bonds is 2. The van der Waals surface area contributed by atoms with Crippen LogP contribution < -0.4 is 5.32 Å². The van der Waals surface area contributed by atoms with Gasteiger partial charge >= 0.3 is 0 Å². The molecule has 4 heteroatoms. The first-order chi connectivity index (χ1) is 8.18. The van der Waals surface area contributed by atoms with Gasteiger partial charge < -0.3 is 5.32 Å². The molecule has 0 spiro atoms. The van der Waals surface area contributed by atoms with Crippen LogP contribution in [-0.4, -0.2) is 5.91 Å². The van der Waals surface area contributed by atoms with Crippen molar-refractivity contribution in [1.29, 1.82) is 0 Å². The highest BCUT2D eigenvalue weighted by Crippen LogP contribution is 2.68. The molecule has 1 aromatic rings. The predicted molar refractivity (Wildman–Crippen MR) is 66.0 cm³/mol. The molecule has 1 aliphatic carbocycles. The maximum atomic E-state index is 13.0. The number of carbonyl (C=O) groups is 1. The molecule has 18 heavy (non-hydrogen) atoms. The minimum absolute atomic E-state index is 0.0738. The molecule has 2 rings (SSSR count). The molecule has 1 fully saturated rings. The van der Waals surface area contributed by atoms with Gasteiger partial charge in [-0.3, -0.25) is 4.79 Å². The molecule has 1 N–H and O–H groups in total. The van der Waals surface area contributed by atoms with Gasteiger partial charge in [-0.15, -0.1) is 0 Å². The van der Waals surface area contributed by atoms with E-state index < -0.39 is 11.6 Å². The number of carbonyl (C=O) groups excluding carboxylic acids is 1. The summed E-state index contributed by atoms with van der Waals surface area (Å²) in [7, 11) is 0. The number of nitrogens with one attached hydrogen (secondary N) is 1. The fourth-order valence-corrected chi connectivity index (χ4v) is 2.64. The maximum absolute atomic E-state index is 13.0. The Balaban J connectivity index is 2.12. The summed E-state index contributed by atoms with van der Waals surface area (Å²) in [6, 6.07) is 3.36. The molecule has 1 amide bonds. The first-order valence-corrected chi connectivity index (χ1v) is 5.94. The minimum atomic E-state index is -0.956. The smallest absolute Gasteiger partial charge is 0.228 e. The highest BCUT2D eigenvalue weighted by molar-refractivity contribution is 5.96. The van der Waals surface area contributed by atoms with Crippen molar-refractivity contribution in [2.75, 3.05) is 5.32 Å². The Morgan fingerprint density at radius 1 is 1.11 bits per heavy atom. The Bertz CT molecular complexity index is 495. The van der Waals surface area contributed by atoms with Crippen molar-refractivity contribution >= 4 is 11.6 Å². The second kappa shape index (κ2) is 3.77. The van der Waals surface area contributed by atoms with Crippen LogP contribution in [0.4, 0.5) is 14.5 Å². The summed E-state index contributed by atoms with van der Waals surface area (Å²) >= 11 is 0. The molecule has 0 bridgehead atoms. The van der Waals surface area contributed by atoms with E-state index in [9.17, 15) is 13.6 Å². The molecule has 0 saturated heterocycles. The second-order valence-corrected chi connectivity index (χ2v) is 5.99. The second-order valence-electron chi connectivity index (χ2n) is 5.99. The van der Waals surface area contributed by atoms with E-state index in [4.69, 9.17) is 0 Å². The Labute approximate surface area is 105 Å². The van der Waals surface area contributed by atoms with Crippen molar-refractivity contribution < 1.29 is 13.6 Å². The van der Waals surface area contributed by atoms with Gasteiger partial charge in [0.1, 0.15) is 0 Å². The van der Waals surface area contributed by atoms with Crippen molar-refractivity contribution in [3.8, 4) is 0 Å².